The average Bonchev–Trinajstić information content (AvgIpc) is 3.39. The first-order valence-electron chi connectivity index (χ1n) is 13.5. The van der Waals surface area contributed by atoms with Crippen molar-refractivity contribution >= 4 is 41.1 Å². The van der Waals surface area contributed by atoms with E-state index >= 15 is 0 Å². The van der Waals surface area contributed by atoms with Gasteiger partial charge in [-0.05, 0) is 42.0 Å². The molecule has 8 nitrogen and oxygen atoms in total. The monoisotopic (exact) mass is 612 g/mol. The molecule has 2 atom stereocenters. The molecular formula is C32H34Cl2N2O6. The predicted molar refractivity (Wildman–Crippen MR) is 164 cm³/mol. The molecule has 42 heavy (non-hydrogen) atoms. The Morgan fingerprint density at radius 3 is 2.50 bits per heavy atom. The fourth-order valence-corrected chi connectivity index (χ4v) is 5.04. The summed E-state index contributed by atoms with van der Waals surface area (Å²) in [6.45, 7) is 0.545. The van der Waals surface area contributed by atoms with Crippen LogP contribution in [0.5, 0.6) is 5.75 Å². The van der Waals surface area contributed by atoms with Gasteiger partial charge in [0.05, 0.1) is 13.2 Å². The van der Waals surface area contributed by atoms with Gasteiger partial charge >= 0.3 is 0 Å². The minimum Gasteiger partial charge on any atom is -0.494 e. The van der Waals surface area contributed by atoms with Gasteiger partial charge < -0.3 is 29.4 Å². The molecule has 0 saturated heterocycles. The van der Waals surface area contributed by atoms with Crippen molar-refractivity contribution in [2.45, 2.75) is 30.8 Å². The van der Waals surface area contributed by atoms with E-state index in [2.05, 4.69) is 5.32 Å². The lowest BCUT2D eigenvalue weighted by Gasteiger charge is -2.30. The van der Waals surface area contributed by atoms with Gasteiger partial charge in [0.2, 0.25) is 5.90 Å². The van der Waals surface area contributed by atoms with Crippen molar-refractivity contribution in [2.24, 2.45) is 4.99 Å². The molecule has 0 aromatic heterocycles. The van der Waals surface area contributed by atoms with Crippen molar-refractivity contribution < 1.29 is 28.8 Å². The van der Waals surface area contributed by atoms with Crippen LogP contribution >= 0.6 is 23.2 Å². The van der Waals surface area contributed by atoms with Crippen LogP contribution in [-0.2, 0) is 19.0 Å². The quantitative estimate of drug-likeness (QED) is 0.175. The number of methoxy groups -OCH3 is 2. The van der Waals surface area contributed by atoms with Crippen molar-refractivity contribution in [2.75, 3.05) is 34.0 Å². The summed E-state index contributed by atoms with van der Waals surface area (Å²) in [6, 6.07) is 22.1. The van der Waals surface area contributed by atoms with E-state index in [4.69, 9.17) is 52.2 Å². The standard InChI is InChI=1S/C32H34Cl2N2O6/c1-39-28(40-2)21-35-31(38)32(17-6-10-22-8-4-3-5-9-22)29(26-16-13-24(33)20-27(26)34)42-30(36-32)23-11-14-25(15-12-23)41-19-7-18-37/h3-6,8-16,20,28-29,37H,7,17-19,21H2,1-2H3,(H,35,38)/b10-6+/t29-,32-/m1/s1. The van der Waals surface area contributed by atoms with Crippen LogP contribution in [0.2, 0.25) is 10.0 Å². The summed E-state index contributed by atoms with van der Waals surface area (Å²) in [7, 11) is 3.00. The van der Waals surface area contributed by atoms with Gasteiger partial charge in [-0.15, -0.1) is 0 Å². The molecule has 0 fully saturated rings. The predicted octanol–water partition coefficient (Wildman–Crippen LogP) is 5.85. The molecule has 1 aliphatic heterocycles. The Bertz CT molecular complexity index is 1380. The molecule has 3 aromatic carbocycles. The molecule has 0 spiro atoms. The maximum absolute atomic E-state index is 14.1. The summed E-state index contributed by atoms with van der Waals surface area (Å²) in [5, 5.41) is 12.8. The molecule has 0 radical (unpaired) electrons. The molecule has 3 aromatic rings. The summed E-state index contributed by atoms with van der Waals surface area (Å²) in [6.07, 6.45) is 3.06. The lowest BCUT2D eigenvalue weighted by Crippen LogP contribution is -2.50. The second-order valence-electron chi connectivity index (χ2n) is 9.58. The normalized spacial score (nSPS) is 18.2. The Labute approximate surface area is 255 Å². The lowest BCUT2D eigenvalue weighted by molar-refractivity contribution is -0.134. The number of carbonyl (C=O) groups is 1. The van der Waals surface area contributed by atoms with Crippen LogP contribution in [0.4, 0.5) is 0 Å². The number of carbonyl (C=O) groups excluding carboxylic acids is 1. The Morgan fingerprint density at radius 1 is 1.10 bits per heavy atom. The molecule has 10 heteroatoms. The Kier molecular flexibility index (Phi) is 11.4. The largest absolute Gasteiger partial charge is 0.494 e. The van der Waals surface area contributed by atoms with Gasteiger partial charge in [-0.1, -0.05) is 71.8 Å². The molecule has 0 bridgehead atoms. The summed E-state index contributed by atoms with van der Waals surface area (Å²) in [5.41, 5.74) is 0.781. The maximum Gasteiger partial charge on any atom is 0.252 e. The fraction of sp³-hybridized carbons (Fsp3) is 0.312. The van der Waals surface area contributed by atoms with E-state index in [1.165, 1.54) is 14.2 Å². The first-order chi connectivity index (χ1) is 20.4. The highest BCUT2D eigenvalue weighted by Gasteiger charge is 2.53. The van der Waals surface area contributed by atoms with Crippen LogP contribution in [-0.4, -0.2) is 62.7 Å². The van der Waals surface area contributed by atoms with Crippen molar-refractivity contribution in [1.29, 1.82) is 0 Å². The van der Waals surface area contributed by atoms with Crippen LogP contribution in [0.25, 0.3) is 6.08 Å². The highest BCUT2D eigenvalue weighted by atomic mass is 35.5. The molecule has 0 unspecified atom stereocenters. The van der Waals surface area contributed by atoms with Crippen LogP contribution in [0, 0.1) is 0 Å². The molecule has 2 N–H and O–H groups in total. The third-order valence-corrected chi connectivity index (χ3v) is 7.33. The Balaban J connectivity index is 1.76. The van der Waals surface area contributed by atoms with E-state index in [1.54, 1.807) is 30.3 Å². The number of rotatable bonds is 14. The second kappa shape index (κ2) is 15.2. The number of aliphatic hydroxyl groups excluding tert-OH is 1. The number of nitrogens with one attached hydrogen (secondary N) is 1. The summed E-state index contributed by atoms with van der Waals surface area (Å²) < 4.78 is 22.7. The third kappa shape index (κ3) is 7.70. The zero-order valence-corrected chi connectivity index (χ0v) is 25.0. The maximum atomic E-state index is 14.1. The number of hydrogen-bond donors (Lipinski definition) is 2. The summed E-state index contributed by atoms with van der Waals surface area (Å²) in [4.78, 5) is 19.1. The van der Waals surface area contributed by atoms with Crippen molar-refractivity contribution in [3.63, 3.8) is 0 Å². The van der Waals surface area contributed by atoms with Gasteiger partial charge in [0.1, 0.15) is 5.75 Å². The average molecular weight is 614 g/mol. The number of aliphatic hydroxyl groups is 1. The molecule has 0 aliphatic carbocycles. The SMILES string of the molecule is COC(CNC(=O)[C@]1(C/C=C/c2ccccc2)N=C(c2ccc(OCCCO)cc2)O[C@@H]1c1ccc(Cl)cc1Cl)OC. The molecule has 1 amide bonds. The number of halogens is 2. The van der Waals surface area contributed by atoms with Crippen LogP contribution in [0.15, 0.2) is 83.9 Å². The van der Waals surface area contributed by atoms with E-state index in [-0.39, 0.29) is 31.4 Å². The number of hydrogen-bond acceptors (Lipinski definition) is 7. The minimum atomic E-state index is -1.43. The molecular weight excluding hydrogens is 579 g/mol. The summed E-state index contributed by atoms with van der Waals surface area (Å²) >= 11 is 12.9. The van der Waals surface area contributed by atoms with Gasteiger partial charge in [-0.2, -0.15) is 0 Å². The van der Waals surface area contributed by atoms with Gasteiger partial charge in [-0.3, -0.25) is 4.79 Å². The molecule has 1 heterocycles. The summed E-state index contributed by atoms with van der Waals surface area (Å²) in [5.74, 6) is 0.545. The van der Waals surface area contributed by atoms with E-state index in [1.807, 2.05) is 54.6 Å². The first kappa shape index (κ1) is 31.5. The van der Waals surface area contributed by atoms with E-state index in [0.29, 0.717) is 39.9 Å². The van der Waals surface area contributed by atoms with Crippen LogP contribution < -0.4 is 10.1 Å². The minimum absolute atomic E-state index is 0.0513. The van der Waals surface area contributed by atoms with Crippen molar-refractivity contribution in [1.82, 2.24) is 5.32 Å². The number of aliphatic imine (C=N–C) groups is 1. The molecule has 1 aliphatic rings. The number of benzene rings is 3. The smallest absolute Gasteiger partial charge is 0.252 e. The highest BCUT2D eigenvalue weighted by molar-refractivity contribution is 6.35. The zero-order valence-electron chi connectivity index (χ0n) is 23.5. The Hall–Kier alpha value is -3.40. The molecule has 222 valence electrons. The van der Waals surface area contributed by atoms with E-state index in [9.17, 15) is 4.79 Å². The third-order valence-electron chi connectivity index (χ3n) is 6.77. The van der Waals surface area contributed by atoms with E-state index < -0.39 is 17.9 Å². The van der Waals surface area contributed by atoms with Gasteiger partial charge in [0, 0.05) is 54.8 Å². The Morgan fingerprint density at radius 2 is 1.83 bits per heavy atom. The van der Waals surface area contributed by atoms with Gasteiger partial charge in [-0.25, -0.2) is 4.99 Å². The first-order valence-corrected chi connectivity index (χ1v) is 14.3. The zero-order chi connectivity index (χ0) is 30.0. The van der Waals surface area contributed by atoms with Crippen LogP contribution in [0.1, 0.15) is 35.6 Å². The fourth-order valence-electron chi connectivity index (χ4n) is 4.54. The second-order valence-corrected chi connectivity index (χ2v) is 10.4. The number of ether oxygens (including phenoxy) is 4. The molecule has 4 rings (SSSR count). The van der Waals surface area contributed by atoms with Crippen molar-refractivity contribution in [3.05, 3.63) is 106 Å². The molecule has 0 saturated carbocycles. The number of nitrogens with zero attached hydrogens (tertiary/aromatic N) is 1. The van der Waals surface area contributed by atoms with Crippen molar-refractivity contribution in [3.8, 4) is 5.75 Å². The van der Waals surface area contributed by atoms with Gasteiger partial charge in [0.15, 0.2) is 17.9 Å². The van der Waals surface area contributed by atoms with Crippen LogP contribution in [0.3, 0.4) is 0 Å². The van der Waals surface area contributed by atoms with E-state index in [0.717, 1.165) is 5.56 Å². The topological polar surface area (TPSA) is 98.6 Å². The highest BCUT2D eigenvalue weighted by Crippen LogP contribution is 2.45. The lowest BCUT2D eigenvalue weighted by atomic mass is 9.84. The van der Waals surface area contributed by atoms with Gasteiger partial charge in [0.25, 0.3) is 5.91 Å². The number of amides is 1.